The molecule has 4 heterocycles. The summed E-state index contributed by atoms with van der Waals surface area (Å²) in [6.07, 6.45) is 8.46. The molecule has 0 bridgehead atoms. The Morgan fingerprint density at radius 3 is 2.79 bits per heavy atom. The molecule has 28 heavy (non-hydrogen) atoms. The number of carbonyl (C=O) groups is 2. The Morgan fingerprint density at radius 2 is 2.07 bits per heavy atom. The quantitative estimate of drug-likeness (QED) is 0.804. The number of aromatic nitrogens is 4. The van der Waals surface area contributed by atoms with Crippen molar-refractivity contribution in [3.8, 4) is 0 Å². The first kappa shape index (κ1) is 18.6. The van der Waals surface area contributed by atoms with Gasteiger partial charge in [-0.25, -0.2) is 0 Å². The smallest absolute Gasteiger partial charge is 0.272 e. The number of rotatable bonds is 3. The summed E-state index contributed by atoms with van der Waals surface area (Å²) >= 11 is 0. The normalized spacial score (nSPS) is 22.7. The molecule has 0 unspecified atom stereocenters. The van der Waals surface area contributed by atoms with E-state index in [1.165, 1.54) is 0 Å². The number of likely N-dealkylation sites (tertiary alicyclic amines) is 2. The molecule has 2 fully saturated rings. The lowest BCUT2D eigenvalue weighted by atomic mass is 9.73. The number of nitrogens with zero attached hydrogens (tertiary/aromatic N) is 6. The fourth-order valence-electron chi connectivity index (χ4n) is 4.40. The van der Waals surface area contributed by atoms with Crippen LogP contribution in [0.2, 0.25) is 0 Å². The van der Waals surface area contributed by atoms with E-state index in [-0.39, 0.29) is 17.2 Å². The van der Waals surface area contributed by atoms with E-state index in [0.717, 1.165) is 37.2 Å². The average molecular weight is 382 g/mol. The van der Waals surface area contributed by atoms with Crippen LogP contribution >= 0.6 is 0 Å². The molecular weight excluding hydrogens is 356 g/mol. The Labute approximate surface area is 164 Å². The predicted molar refractivity (Wildman–Crippen MR) is 102 cm³/mol. The zero-order valence-electron chi connectivity index (χ0n) is 16.5. The Morgan fingerprint density at radius 1 is 1.21 bits per heavy atom. The molecule has 2 aromatic rings. The fourth-order valence-corrected chi connectivity index (χ4v) is 4.40. The number of piperidine rings is 2. The third-order valence-electron chi connectivity index (χ3n) is 5.92. The molecule has 0 N–H and O–H groups in total. The molecule has 148 valence electrons. The van der Waals surface area contributed by atoms with E-state index in [4.69, 9.17) is 0 Å². The van der Waals surface area contributed by atoms with Crippen LogP contribution in [0, 0.1) is 12.3 Å². The van der Waals surface area contributed by atoms with Crippen molar-refractivity contribution in [2.75, 3.05) is 19.6 Å². The molecule has 4 rings (SSSR count). The van der Waals surface area contributed by atoms with Gasteiger partial charge in [0.25, 0.3) is 5.91 Å². The van der Waals surface area contributed by atoms with Gasteiger partial charge >= 0.3 is 0 Å². The molecule has 2 amide bonds. The summed E-state index contributed by atoms with van der Waals surface area (Å²) in [5.74, 6) is 0.176. The van der Waals surface area contributed by atoms with Gasteiger partial charge in [0, 0.05) is 50.9 Å². The summed E-state index contributed by atoms with van der Waals surface area (Å²) in [5, 5.41) is 4.11. The predicted octanol–water partition coefficient (Wildman–Crippen LogP) is 1.56. The third kappa shape index (κ3) is 3.63. The average Bonchev–Trinajstić information content (AvgIpc) is 3.12. The van der Waals surface area contributed by atoms with E-state index < -0.39 is 0 Å². The van der Waals surface area contributed by atoms with Gasteiger partial charge in [0.2, 0.25) is 5.91 Å². The first-order chi connectivity index (χ1) is 13.5. The minimum atomic E-state index is -0.0431. The lowest BCUT2D eigenvalue weighted by Gasteiger charge is -2.48. The van der Waals surface area contributed by atoms with Crippen molar-refractivity contribution < 1.29 is 9.59 Å². The molecule has 8 nitrogen and oxygen atoms in total. The molecule has 1 atom stereocenters. The highest BCUT2D eigenvalue weighted by Gasteiger charge is 2.43. The Bertz CT molecular complexity index is 877. The zero-order valence-corrected chi connectivity index (χ0v) is 16.5. The van der Waals surface area contributed by atoms with E-state index >= 15 is 0 Å². The first-order valence-corrected chi connectivity index (χ1v) is 9.78. The second-order valence-corrected chi connectivity index (χ2v) is 8.07. The summed E-state index contributed by atoms with van der Waals surface area (Å²) in [4.78, 5) is 38.0. The largest absolute Gasteiger partial charge is 0.337 e. The Kier molecular flexibility index (Phi) is 4.87. The molecule has 0 radical (unpaired) electrons. The second kappa shape index (κ2) is 7.33. The van der Waals surface area contributed by atoms with E-state index in [2.05, 4.69) is 15.1 Å². The maximum Gasteiger partial charge on any atom is 0.272 e. The zero-order chi connectivity index (χ0) is 19.7. The summed E-state index contributed by atoms with van der Waals surface area (Å²) in [6.45, 7) is 4.47. The van der Waals surface area contributed by atoms with Crippen LogP contribution in [0.15, 0.2) is 24.7 Å². The number of hydrogen-bond donors (Lipinski definition) is 0. The number of carbonyl (C=O) groups excluding carboxylic acids is 2. The van der Waals surface area contributed by atoms with Crippen LogP contribution in [0.5, 0.6) is 0 Å². The summed E-state index contributed by atoms with van der Waals surface area (Å²) in [6, 6.07) is 1.76. The molecule has 0 aliphatic carbocycles. The molecular formula is C20H26N6O2. The van der Waals surface area contributed by atoms with Crippen LogP contribution in [0.4, 0.5) is 0 Å². The number of amides is 2. The van der Waals surface area contributed by atoms with Crippen LogP contribution in [-0.2, 0) is 18.4 Å². The number of hydrogen-bond acceptors (Lipinski definition) is 5. The molecule has 0 saturated carbocycles. The highest BCUT2D eigenvalue weighted by molar-refractivity contribution is 5.92. The van der Waals surface area contributed by atoms with Gasteiger partial charge in [-0.1, -0.05) is 0 Å². The van der Waals surface area contributed by atoms with E-state index in [9.17, 15) is 9.59 Å². The van der Waals surface area contributed by atoms with Crippen molar-refractivity contribution in [1.82, 2.24) is 29.5 Å². The maximum atomic E-state index is 12.9. The lowest BCUT2D eigenvalue weighted by Crippen LogP contribution is -2.55. The molecule has 8 heteroatoms. The Hall–Kier alpha value is -2.77. The van der Waals surface area contributed by atoms with Gasteiger partial charge in [0.15, 0.2) is 0 Å². The second-order valence-electron chi connectivity index (χ2n) is 8.07. The molecule has 1 spiro atoms. The summed E-state index contributed by atoms with van der Waals surface area (Å²) < 4.78 is 1.62. The van der Waals surface area contributed by atoms with Crippen molar-refractivity contribution in [2.24, 2.45) is 12.5 Å². The molecule has 2 aromatic heterocycles. The van der Waals surface area contributed by atoms with Crippen LogP contribution in [0.3, 0.4) is 0 Å². The van der Waals surface area contributed by atoms with E-state index in [1.54, 1.807) is 36.4 Å². The van der Waals surface area contributed by atoms with Crippen LogP contribution in [0.1, 0.15) is 47.6 Å². The SMILES string of the molecule is Cc1cnc(CN2C[C@@]3(CCCN(C(=O)c4ccnn4C)C3)CCC2=O)cn1. The summed E-state index contributed by atoms with van der Waals surface area (Å²) in [7, 11) is 1.79. The highest BCUT2D eigenvalue weighted by atomic mass is 16.2. The van der Waals surface area contributed by atoms with Gasteiger partial charge in [-0.2, -0.15) is 5.10 Å². The lowest BCUT2D eigenvalue weighted by molar-refractivity contribution is -0.139. The van der Waals surface area contributed by atoms with Crippen LogP contribution < -0.4 is 0 Å². The van der Waals surface area contributed by atoms with Crippen molar-refractivity contribution in [3.05, 3.63) is 41.7 Å². The first-order valence-electron chi connectivity index (χ1n) is 9.78. The molecule has 2 saturated heterocycles. The van der Waals surface area contributed by atoms with Crippen molar-refractivity contribution >= 4 is 11.8 Å². The molecule has 2 aliphatic rings. The van der Waals surface area contributed by atoms with Gasteiger partial charge in [-0.05, 0) is 32.3 Å². The van der Waals surface area contributed by atoms with E-state index in [0.29, 0.717) is 31.7 Å². The maximum absolute atomic E-state index is 12.9. The molecule has 0 aromatic carbocycles. The van der Waals surface area contributed by atoms with Gasteiger partial charge < -0.3 is 9.80 Å². The van der Waals surface area contributed by atoms with Crippen molar-refractivity contribution in [3.63, 3.8) is 0 Å². The van der Waals surface area contributed by atoms with Crippen molar-refractivity contribution in [2.45, 2.75) is 39.2 Å². The summed E-state index contributed by atoms with van der Waals surface area (Å²) in [5.41, 5.74) is 2.23. The highest BCUT2D eigenvalue weighted by Crippen LogP contribution is 2.39. The standard InChI is InChI=1S/C20H26N6O2/c1-15-10-22-16(11-21-15)12-26-14-20(7-4-18(26)27)6-3-9-25(13-20)19(28)17-5-8-23-24(17)2/h5,8,10-11H,3-4,6-7,9,12-14H2,1-2H3/t20-/m0/s1. The Balaban J connectivity index is 1.48. The van der Waals surface area contributed by atoms with Crippen LogP contribution in [-0.4, -0.2) is 61.0 Å². The van der Waals surface area contributed by atoms with Gasteiger partial charge in [0.1, 0.15) is 5.69 Å². The van der Waals surface area contributed by atoms with Crippen molar-refractivity contribution in [1.29, 1.82) is 0 Å². The monoisotopic (exact) mass is 382 g/mol. The fraction of sp³-hybridized carbons (Fsp3) is 0.550. The minimum absolute atomic E-state index is 0.0203. The van der Waals surface area contributed by atoms with Gasteiger partial charge in [0.05, 0.1) is 24.1 Å². The van der Waals surface area contributed by atoms with E-state index in [1.807, 2.05) is 16.7 Å². The third-order valence-corrected chi connectivity index (χ3v) is 5.92. The van der Waals surface area contributed by atoms with Gasteiger partial charge in [-0.15, -0.1) is 0 Å². The minimum Gasteiger partial charge on any atom is -0.337 e. The van der Waals surface area contributed by atoms with Gasteiger partial charge in [-0.3, -0.25) is 24.2 Å². The van der Waals surface area contributed by atoms with Crippen LogP contribution in [0.25, 0.3) is 0 Å². The topological polar surface area (TPSA) is 84.2 Å². The molecule has 2 aliphatic heterocycles. The number of aryl methyl sites for hydroxylation is 2.